The quantitative estimate of drug-likeness (QED) is 0.910. The van der Waals surface area contributed by atoms with Gasteiger partial charge in [0.2, 0.25) is 0 Å². The number of halogens is 2. The highest BCUT2D eigenvalue weighted by atomic mass is 35.5. The summed E-state index contributed by atoms with van der Waals surface area (Å²) >= 11 is 5.73. The molecule has 2 aromatic rings. The summed E-state index contributed by atoms with van der Waals surface area (Å²) in [6.07, 6.45) is 1.75. The number of hydrogen-bond acceptors (Lipinski definition) is 2. The Morgan fingerprint density at radius 1 is 1.37 bits per heavy atom. The number of hydrogen-bond donors (Lipinski definition) is 1. The Hall–Kier alpha value is -1.39. The van der Waals surface area contributed by atoms with Gasteiger partial charge in [-0.05, 0) is 36.7 Å². The Labute approximate surface area is 117 Å². The fourth-order valence-electron chi connectivity index (χ4n) is 1.75. The summed E-state index contributed by atoms with van der Waals surface area (Å²) in [7, 11) is 0. The molecule has 5 heteroatoms. The van der Waals surface area contributed by atoms with Crippen molar-refractivity contribution in [3.05, 3.63) is 47.0 Å². The molecule has 0 aliphatic carbocycles. The molecule has 102 valence electrons. The molecule has 0 aliphatic rings. The molecule has 0 spiro atoms. The lowest BCUT2D eigenvalue weighted by Crippen LogP contribution is -2.19. The fraction of sp³-hybridized carbons (Fsp3) is 0.357. The lowest BCUT2D eigenvalue weighted by molar-refractivity contribution is 0.545. The van der Waals surface area contributed by atoms with Crippen LogP contribution in [-0.4, -0.2) is 16.3 Å². The van der Waals surface area contributed by atoms with Crippen LogP contribution in [0.3, 0.4) is 0 Å². The van der Waals surface area contributed by atoms with Crippen molar-refractivity contribution in [3.8, 4) is 5.69 Å². The summed E-state index contributed by atoms with van der Waals surface area (Å²) < 4.78 is 15.3. The van der Waals surface area contributed by atoms with Crippen molar-refractivity contribution in [1.29, 1.82) is 0 Å². The first kappa shape index (κ1) is 14.0. The second-order valence-corrected chi connectivity index (χ2v) is 5.31. The van der Waals surface area contributed by atoms with Crippen LogP contribution >= 0.6 is 11.6 Å². The molecule has 3 nitrogen and oxygen atoms in total. The maximum atomic E-state index is 13.7. The van der Waals surface area contributed by atoms with Gasteiger partial charge in [-0.3, -0.25) is 0 Å². The molecule has 0 aliphatic heterocycles. The molecular weight excluding hydrogens is 265 g/mol. The number of rotatable bonds is 5. The molecule has 1 heterocycles. The van der Waals surface area contributed by atoms with Crippen LogP contribution in [0.1, 0.15) is 19.5 Å². The lowest BCUT2D eigenvalue weighted by Gasteiger charge is -2.05. The Morgan fingerprint density at radius 3 is 2.84 bits per heavy atom. The average Bonchev–Trinajstić information content (AvgIpc) is 2.77. The van der Waals surface area contributed by atoms with Crippen molar-refractivity contribution < 1.29 is 4.39 Å². The van der Waals surface area contributed by atoms with Crippen LogP contribution < -0.4 is 5.32 Å². The first-order valence-corrected chi connectivity index (χ1v) is 6.64. The normalized spacial score (nSPS) is 11.2. The van der Waals surface area contributed by atoms with Gasteiger partial charge < -0.3 is 5.32 Å². The number of nitrogens with zero attached hydrogens (tertiary/aromatic N) is 2. The van der Waals surface area contributed by atoms with E-state index in [0.717, 1.165) is 12.2 Å². The van der Waals surface area contributed by atoms with E-state index in [0.29, 0.717) is 23.2 Å². The zero-order valence-electron chi connectivity index (χ0n) is 11.0. The van der Waals surface area contributed by atoms with Crippen molar-refractivity contribution in [2.75, 3.05) is 6.54 Å². The zero-order valence-corrected chi connectivity index (χ0v) is 11.8. The molecule has 0 atom stereocenters. The van der Waals surface area contributed by atoms with Crippen LogP contribution in [-0.2, 0) is 6.54 Å². The smallest absolute Gasteiger partial charge is 0.150 e. The second-order valence-electron chi connectivity index (χ2n) is 4.87. The highest BCUT2D eigenvalue weighted by molar-refractivity contribution is 6.30. The third-order valence-corrected chi connectivity index (χ3v) is 2.89. The van der Waals surface area contributed by atoms with E-state index in [2.05, 4.69) is 24.3 Å². The van der Waals surface area contributed by atoms with Gasteiger partial charge in [0.05, 0.1) is 5.69 Å². The molecule has 1 aromatic carbocycles. The van der Waals surface area contributed by atoms with E-state index in [1.54, 1.807) is 18.3 Å². The monoisotopic (exact) mass is 281 g/mol. The summed E-state index contributed by atoms with van der Waals surface area (Å²) in [5.74, 6) is 0.216. The van der Waals surface area contributed by atoms with E-state index < -0.39 is 0 Å². The Bertz CT molecular complexity index is 551. The van der Waals surface area contributed by atoms with Gasteiger partial charge >= 0.3 is 0 Å². The molecule has 1 aromatic heterocycles. The van der Waals surface area contributed by atoms with Gasteiger partial charge in [0, 0.05) is 17.8 Å². The number of aromatic nitrogens is 2. The van der Waals surface area contributed by atoms with E-state index >= 15 is 0 Å². The molecule has 0 radical (unpaired) electrons. The first-order valence-electron chi connectivity index (χ1n) is 6.27. The van der Waals surface area contributed by atoms with Gasteiger partial charge in [-0.15, -0.1) is 0 Å². The minimum absolute atomic E-state index is 0.378. The van der Waals surface area contributed by atoms with E-state index in [-0.39, 0.29) is 5.82 Å². The van der Waals surface area contributed by atoms with Gasteiger partial charge in [0.25, 0.3) is 0 Å². The highest BCUT2D eigenvalue weighted by Crippen LogP contribution is 2.17. The van der Waals surface area contributed by atoms with E-state index in [1.165, 1.54) is 10.7 Å². The number of benzene rings is 1. The maximum Gasteiger partial charge on any atom is 0.150 e. The average molecular weight is 282 g/mol. The largest absolute Gasteiger partial charge is 0.311 e. The third kappa shape index (κ3) is 3.78. The minimum Gasteiger partial charge on any atom is -0.311 e. The summed E-state index contributed by atoms with van der Waals surface area (Å²) in [6.45, 7) is 5.91. The van der Waals surface area contributed by atoms with Crippen molar-refractivity contribution >= 4 is 11.6 Å². The maximum absolute atomic E-state index is 13.7. The van der Waals surface area contributed by atoms with Crippen LogP contribution in [0.2, 0.25) is 5.02 Å². The molecule has 0 bridgehead atoms. The molecule has 0 saturated heterocycles. The van der Waals surface area contributed by atoms with Crippen LogP contribution in [0.15, 0.2) is 30.5 Å². The molecule has 1 N–H and O–H groups in total. The molecular formula is C14H17ClFN3. The molecule has 0 unspecified atom stereocenters. The highest BCUT2D eigenvalue weighted by Gasteiger charge is 2.07. The van der Waals surface area contributed by atoms with Crippen molar-refractivity contribution in [1.82, 2.24) is 15.1 Å². The number of nitrogens with one attached hydrogen (secondary N) is 1. The summed E-state index contributed by atoms with van der Waals surface area (Å²) in [4.78, 5) is 0. The van der Waals surface area contributed by atoms with Crippen molar-refractivity contribution in [3.63, 3.8) is 0 Å². The molecule has 0 amide bonds. The van der Waals surface area contributed by atoms with Gasteiger partial charge in [0.15, 0.2) is 0 Å². The summed E-state index contributed by atoms with van der Waals surface area (Å²) in [5, 5.41) is 8.02. The zero-order chi connectivity index (χ0) is 13.8. The van der Waals surface area contributed by atoms with Crippen LogP contribution in [0.25, 0.3) is 5.69 Å². The van der Waals surface area contributed by atoms with Gasteiger partial charge in [0.1, 0.15) is 11.5 Å². The topological polar surface area (TPSA) is 29.9 Å². The summed E-state index contributed by atoms with van der Waals surface area (Å²) in [5.41, 5.74) is 1.29. The Morgan fingerprint density at radius 2 is 2.16 bits per heavy atom. The lowest BCUT2D eigenvalue weighted by atomic mass is 10.2. The SMILES string of the molecule is CC(C)CNCc1ccn(-c2ccc(Cl)cc2F)n1. The van der Waals surface area contributed by atoms with Gasteiger partial charge in [-0.2, -0.15) is 5.10 Å². The van der Waals surface area contributed by atoms with Crippen molar-refractivity contribution in [2.24, 2.45) is 5.92 Å². The van der Waals surface area contributed by atoms with Crippen LogP contribution in [0, 0.1) is 11.7 Å². The minimum atomic E-state index is -0.378. The predicted molar refractivity (Wildman–Crippen MR) is 75.1 cm³/mol. The van der Waals surface area contributed by atoms with E-state index in [4.69, 9.17) is 11.6 Å². The van der Waals surface area contributed by atoms with Crippen LogP contribution in [0.5, 0.6) is 0 Å². The molecule has 19 heavy (non-hydrogen) atoms. The van der Waals surface area contributed by atoms with E-state index in [9.17, 15) is 4.39 Å². The Balaban J connectivity index is 2.08. The first-order chi connectivity index (χ1) is 9.06. The Kier molecular flexibility index (Phi) is 4.56. The van der Waals surface area contributed by atoms with Gasteiger partial charge in [-0.25, -0.2) is 9.07 Å². The third-order valence-electron chi connectivity index (χ3n) is 2.66. The van der Waals surface area contributed by atoms with Crippen molar-refractivity contribution in [2.45, 2.75) is 20.4 Å². The standard InChI is InChI=1S/C14H17ClFN3/c1-10(2)8-17-9-12-5-6-19(18-12)14-4-3-11(15)7-13(14)16/h3-7,10,17H,8-9H2,1-2H3. The fourth-order valence-corrected chi connectivity index (χ4v) is 1.90. The second kappa shape index (κ2) is 6.17. The molecule has 0 saturated carbocycles. The summed E-state index contributed by atoms with van der Waals surface area (Å²) in [6, 6.07) is 6.44. The predicted octanol–water partition coefficient (Wildman–Crippen LogP) is 3.41. The molecule has 0 fully saturated rings. The van der Waals surface area contributed by atoms with E-state index in [1.807, 2.05) is 6.07 Å². The molecule has 2 rings (SSSR count). The van der Waals surface area contributed by atoms with Gasteiger partial charge in [-0.1, -0.05) is 25.4 Å². The van der Waals surface area contributed by atoms with Crippen LogP contribution in [0.4, 0.5) is 4.39 Å².